The average Bonchev–Trinajstić information content (AvgIpc) is 2.73. The fourth-order valence-electron chi connectivity index (χ4n) is 2.67. The smallest absolute Gasteiger partial charge is 0.390 e. The summed E-state index contributed by atoms with van der Waals surface area (Å²) in [4.78, 5) is 17.8. The van der Waals surface area contributed by atoms with Crippen molar-refractivity contribution in [2.24, 2.45) is 5.73 Å². The molecule has 0 aliphatic rings. The first-order chi connectivity index (χ1) is 14.0. The molecule has 0 aliphatic heterocycles. The van der Waals surface area contributed by atoms with E-state index in [0.717, 1.165) is 24.1 Å². The lowest BCUT2D eigenvalue weighted by atomic mass is 10.1. The number of rotatable bonds is 9. The Balaban J connectivity index is 1.56. The Morgan fingerprint density at radius 3 is 2.59 bits per heavy atom. The zero-order valence-electron chi connectivity index (χ0n) is 15.9. The van der Waals surface area contributed by atoms with E-state index in [1.54, 1.807) is 25.3 Å². The van der Waals surface area contributed by atoms with E-state index < -0.39 is 5.91 Å². The molecule has 3 rings (SSSR count). The maximum Gasteiger partial charge on any atom is 0.390 e. The van der Waals surface area contributed by atoms with Crippen LogP contribution in [0.2, 0.25) is 0 Å². The van der Waals surface area contributed by atoms with Crippen molar-refractivity contribution in [2.75, 3.05) is 13.7 Å². The summed E-state index contributed by atoms with van der Waals surface area (Å²) in [5.41, 5.74) is 7.39. The summed E-state index contributed by atoms with van der Waals surface area (Å²) in [6, 6.07) is 12.1. The highest BCUT2D eigenvalue weighted by Crippen LogP contribution is 2.30. The zero-order valence-corrected chi connectivity index (χ0v) is 15.9. The van der Waals surface area contributed by atoms with Gasteiger partial charge in [0.05, 0.1) is 7.11 Å². The van der Waals surface area contributed by atoms with Crippen LogP contribution in [0.5, 0.6) is 17.4 Å². The van der Waals surface area contributed by atoms with E-state index in [-0.39, 0.29) is 11.5 Å². The van der Waals surface area contributed by atoms with Gasteiger partial charge in [0, 0.05) is 6.54 Å². The quantitative estimate of drug-likeness (QED) is 0.540. The standard InChI is InChI=1S/C21H21FN4O3/c1-28-19-10-15(11-24-9-8-14-2-5-16(22)6-3-14)4-7-18(19)29-20-13-25-17(12-26-20)21(23)27/h2-7,10,12-13,24H,8-9,11H2,1H3,(H2,23,27)/p+1. The molecule has 1 aromatic heterocycles. The topological polar surface area (TPSA) is 101 Å². The number of benzene rings is 2. The zero-order chi connectivity index (χ0) is 20.6. The number of halogens is 1. The van der Waals surface area contributed by atoms with Crippen molar-refractivity contribution in [1.29, 1.82) is 0 Å². The molecule has 150 valence electrons. The number of hydrogen-bond acceptors (Lipinski definition) is 5. The van der Waals surface area contributed by atoms with Crippen molar-refractivity contribution < 1.29 is 23.6 Å². The molecule has 0 bridgehead atoms. The second kappa shape index (κ2) is 9.61. The van der Waals surface area contributed by atoms with E-state index in [1.165, 1.54) is 24.5 Å². The molecule has 0 saturated heterocycles. The third-order valence-corrected chi connectivity index (χ3v) is 4.21. The summed E-state index contributed by atoms with van der Waals surface area (Å²) in [7, 11) is 1.56. The van der Waals surface area contributed by atoms with Gasteiger partial charge in [-0.3, -0.25) is 4.79 Å². The maximum absolute atomic E-state index is 12.9. The first-order valence-electron chi connectivity index (χ1n) is 9.02. The van der Waals surface area contributed by atoms with Gasteiger partial charge in [0.1, 0.15) is 12.0 Å². The number of carbonyl (C=O) groups is 1. The van der Waals surface area contributed by atoms with Gasteiger partial charge >= 0.3 is 5.88 Å². The first-order valence-corrected chi connectivity index (χ1v) is 9.02. The van der Waals surface area contributed by atoms with Gasteiger partial charge in [0.25, 0.3) is 5.91 Å². The second-order valence-electron chi connectivity index (χ2n) is 6.30. The number of aromatic nitrogens is 2. The van der Waals surface area contributed by atoms with Gasteiger partial charge < -0.3 is 20.5 Å². The Hall–Kier alpha value is -3.52. The average molecular weight is 397 g/mol. The van der Waals surface area contributed by atoms with E-state index in [4.69, 9.17) is 15.2 Å². The molecule has 0 radical (unpaired) electrons. The van der Waals surface area contributed by atoms with Crippen LogP contribution in [0.15, 0.2) is 54.9 Å². The molecule has 1 heterocycles. The number of ether oxygens (including phenoxy) is 2. The summed E-state index contributed by atoms with van der Waals surface area (Å²) in [6.45, 7) is 1.41. The molecule has 0 unspecified atom stereocenters. The number of nitrogens with two attached hydrogens (primary N) is 1. The maximum atomic E-state index is 12.9. The molecule has 8 heteroatoms. The van der Waals surface area contributed by atoms with E-state index in [1.807, 2.05) is 12.1 Å². The number of methoxy groups -OCH3 is 1. The number of amides is 1. The molecule has 3 aromatic rings. The summed E-state index contributed by atoms with van der Waals surface area (Å²) >= 11 is 0. The number of nitrogens with one attached hydrogen (secondary N) is 2. The van der Waals surface area contributed by atoms with E-state index in [2.05, 4.69) is 15.3 Å². The van der Waals surface area contributed by atoms with Gasteiger partial charge in [0.2, 0.25) is 6.20 Å². The van der Waals surface area contributed by atoms with Crippen molar-refractivity contribution in [3.05, 3.63) is 77.5 Å². The fourth-order valence-corrected chi connectivity index (χ4v) is 2.67. The van der Waals surface area contributed by atoms with Gasteiger partial charge in [-0.2, -0.15) is 4.98 Å². The molecule has 0 spiro atoms. The van der Waals surface area contributed by atoms with Gasteiger partial charge in [-0.1, -0.05) is 18.2 Å². The Kier molecular flexibility index (Phi) is 6.70. The lowest BCUT2D eigenvalue weighted by molar-refractivity contribution is -0.392. The van der Waals surface area contributed by atoms with E-state index >= 15 is 0 Å². The normalized spacial score (nSPS) is 10.6. The largest absolute Gasteiger partial charge is 0.493 e. The highest BCUT2D eigenvalue weighted by Gasteiger charge is 2.13. The Morgan fingerprint density at radius 2 is 1.93 bits per heavy atom. The lowest BCUT2D eigenvalue weighted by Gasteiger charge is -2.10. The van der Waals surface area contributed by atoms with Crippen molar-refractivity contribution >= 4 is 5.91 Å². The molecule has 7 nitrogen and oxygen atoms in total. The van der Waals surface area contributed by atoms with Gasteiger partial charge in [-0.25, -0.2) is 9.37 Å². The van der Waals surface area contributed by atoms with Gasteiger partial charge in [-0.15, -0.1) is 0 Å². The van der Waals surface area contributed by atoms with Crippen LogP contribution in [0.25, 0.3) is 0 Å². The summed E-state index contributed by atoms with van der Waals surface area (Å²) in [5, 5.41) is 3.35. The van der Waals surface area contributed by atoms with Crippen LogP contribution >= 0.6 is 0 Å². The molecule has 2 aromatic carbocycles. The number of H-pyrrole nitrogens is 1. The Bertz CT molecular complexity index is 963. The molecule has 0 saturated carbocycles. The van der Waals surface area contributed by atoms with Crippen molar-refractivity contribution in [3.63, 3.8) is 0 Å². The first kappa shape index (κ1) is 20.2. The van der Waals surface area contributed by atoms with Crippen LogP contribution < -0.4 is 25.5 Å². The second-order valence-corrected chi connectivity index (χ2v) is 6.30. The van der Waals surface area contributed by atoms with Crippen LogP contribution in [0.3, 0.4) is 0 Å². The van der Waals surface area contributed by atoms with Crippen molar-refractivity contribution in [3.8, 4) is 17.4 Å². The third kappa shape index (κ3) is 5.73. The van der Waals surface area contributed by atoms with Crippen LogP contribution in [-0.4, -0.2) is 24.5 Å². The van der Waals surface area contributed by atoms with Crippen molar-refractivity contribution in [2.45, 2.75) is 13.0 Å². The van der Waals surface area contributed by atoms with E-state index in [0.29, 0.717) is 23.9 Å². The summed E-state index contributed by atoms with van der Waals surface area (Å²) in [6.07, 6.45) is 3.57. The summed E-state index contributed by atoms with van der Waals surface area (Å²) in [5.74, 6) is 0.566. The number of nitrogens with zero attached hydrogens (tertiary/aromatic N) is 1. The van der Waals surface area contributed by atoms with Gasteiger partial charge in [-0.05, 0) is 48.4 Å². The molecular formula is C21H22FN4O3+. The van der Waals surface area contributed by atoms with E-state index in [9.17, 15) is 9.18 Å². The lowest BCUT2D eigenvalue weighted by Crippen LogP contribution is -2.18. The minimum atomic E-state index is -0.623. The van der Waals surface area contributed by atoms with Crippen LogP contribution in [0, 0.1) is 5.82 Å². The number of hydrogen-bond donors (Lipinski definition) is 2. The molecule has 0 aliphatic carbocycles. The minimum absolute atomic E-state index is 0.117. The number of carbonyl (C=O) groups excluding carboxylic acids is 1. The molecule has 1 amide bonds. The van der Waals surface area contributed by atoms with Crippen LogP contribution in [-0.2, 0) is 13.0 Å². The molecule has 29 heavy (non-hydrogen) atoms. The Morgan fingerprint density at radius 1 is 1.17 bits per heavy atom. The number of primary amides is 1. The van der Waals surface area contributed by atoms with Crippen molar-refractivity contribution in [1.82, 2.24) is 10.3 Å². The third-order valence-electron chi connectivity index (χ3n) is 4.21. The monoisotopic (exact) mass is 397 g/mol. The van der Waals surface area contributed by atoms with Crippen LogP contribution in [0.1, 0.15) is 21.6 Å². The van der Waals surface area contributed by atoms with Gasteiger partial charge in [0.15, 0.2) is 17.2 Å². The number of aromatic amines is 1. The fraction of sp³-hybridized carbons (Fsp3) is 0.190. The van der Waals surface area contributed by atoms with Crippen LogP contribution in [0.4, 0.5) is 4.39 Å². The Labute approximate surface area is 167 Å². The highest BCUT2D eigenvalue weighted by atomic mass is 19.1. The summed E-state index contributed by atoms with van der Waals surface area (Å²) < 4.78 is 24.1. The predicted octanol–water partition coefficient (Wildman–Crippen LogP) is 2.27. The molecular weight excluding hydrogens is 375 g/mol. The predicted molar refractivity (Wildman–Crippen MR) is 104 cm³/mol. The molecule has 0 fully saturated rings. The molecule has 4 N–H and O–H groups in total. The SMILES string of the molecule is COc1cc(CNCCc2ccc(F)cc2)ccc1Oc1cnc(C(N)=O)c[nH+]1. The highest BCUT2D eigenvalue weighted by molar-refractivity contribution is 5.90. The minimum Gasteiger partial charge on any atom is -0.493 e. The molecule has 0 atom stereocenters.